The maximum Gasteiger partial charge on any atom is 0.0312 e. The molecule has 1 rings (SSSR count). The Morgan fingerprint density at radius 1 is 1.30 bits per heavy atom. The van der Waals surface area contributed by atoms with Crippen LogP contribution in [-0.4, -0.2) is 17.0 Å². The van der Waals surface area contributed by atoms with Crippen molar-refractivity contribution in [2.45, 2.75) is 39.2 Å². The minimum Gasteiger partial charge on any atom is -0.373 e. The maximum atomic E-state index is 2.40. The first-order valence-electron chi connectivity index (χ1n) is 4.04. The molecule has 0 aromatic heterocycles. The van der Waals surface area contributed by atoms with Gasteiger partial charge in [-0.1, -0.05) is 6.08 Å². The van der Waals surface area contributed by atoms with Crippen molar-refractivity contribution in [1.82, 2.24) is 4.90 Å². The average molecular weight is 139 g/mol. The van der Waals surface area contributed by atoms with E-state index in [1.54, 1.807) is 0 Å². The first-order valence-corrected chi connectivity index (χ1v) is 4.04. The number of rotatable bonds is 0. The Labute approximate surface area is 63.7 Å². The number of nitrogens with zero attached hydrogens (tertiary/aromatic N) is 1. The third-order valence-corrected chi connectivity index (χ3v) is 1.92. The van der Waals surface area contributed by atoms with E-state index in [-0.39, 0.29) is 0 Å². The molecule has 58 valence electrons. The van der Waals surface area contributed by atoms with Crippen LogP contribution in [0.25, 0.3) is 0 Å². The van der Waals surface area contributed by atoms with E-state index in [4.69, 9.17) is 0 Å². The van der Waals surface area contributed by atoms with E-state index >= 15 is 0 Å². The molecule has 0 unspecified atom stereocenters. The minimum atomic E-state index is 0.316. The SMILES string of the molecule is CC(C)(C)N1C=CCCC1. The van der Waals surface area contributed by atoms with Gasteiger partial charge in [0.05, 0.1) is 0 Å². The summed E-state index contributed by atoms with van der Waals surface area (Å²) in [6, 6.07) is 0. The van der Waals surface area contributed by atoms with Crippen molar-refractivity contribution in [3.63, 3.8) is 0 Å². The van der Waals surface area contributed by atoms with Crippen molar-refractivity contribution in [1.29, 1.82) is 0 Å². The second-order valence-corrected chi connectivity index (χ2v) is 3.89. The van der Waals surface area contributed by atoms with Crippen molar-refractivity contribution < 1.29 is 0 Å². The summed E-state index contributed by atoms with van der Waals surface area (Å²) in [5, 5.41) is 0. The van der Waals surface area contributed by atoms with Crippen LogP contribution in [0.5, 0.6) is 0 Å². The molecule has 10 heavy (non-hydrogen) atoms. The van der Waals surface area contributed by atoms with Crippen LogP contribution in [0, 0.1) is 0 Å². The van der Waals surface area contributed by atoms with Gasteiger partial charge >= 0.3 is 0 Å². The molecule has 1 heteroatoms. The van der Waals surface area contributed by atoms with Gasteiger partial charge in [0, 0.05) is 12.1 Å². The fourth-order valence-electron chi connectivity index (χ4n) is 1.21. The fourth-order valence-corrected chi connectivity index (χ4v) is 1.21. The van der Waals surface area contributed by atoms with Gasteiger partial charge in [-0.2, -0.15) is 0 Å². The molecule has 0 amide bonds. The highest BCUT2D eigenvalue weighted by Crippen LogP contribution is 2.17. The lowest BCUT2D eigenvalue weighted by molar-refractivity contribution is 0.196. The first kappa shape index (κ1) is 7.64. The lowest BCUT2D eigenvalue weighted by Crippen LogP contribution is -2.38. The summed E-state index contributed by atoms with van der Waals surface area (Å²) in [6.07, 6.45) is 7.05. The highest BCUT2D eigenvalue weighted by atomic mass is 15.2. The van der Waals surface area contributed by atoms with Crippen LogP contribution in [-0.2, 0) is 0 Å². The molecular formula is C9H17N. The van der Waals surface area contributed by atoms with E-state index in [9.17, 15) is 0 Å². The number of allylic oxidation sites excluding steroid dienone is 1. The lowest BCUT2D eigenvalue weighted by Gasteiger charge is -2.36. The van der Waals surface area contributed by atoms with E-state index < -0.39 is 0 Å². The van der Waals surface area contributed by atoms with E-state index in [2.05, 4.69) is 37.9 Å². The molecule has 0 aliphatic carbocycles. The monoisotopic (exact) mass is 139 g/mol. The summed E-state index contributed by atoms with van der Waals surface area (Å²) < 4.78 is 0. The van der Waals surface area contributed by atoms with Gasteiger partial charge in [-0.25, -0.2) is 0 Å². The van der Waals surface area contributed by atoms with Crippen molar-refractivity contribution in [2.75, 3.05) is 6.54 Å². The smallest absolute Gasteiger partial charge is 0.0312 e. The molecule has 0 fully saturated rings. The molecule has 0 saturated heterocycles. The Hall–Kier alpha value is -0.460. The molecule has 1 aliphatic rings. The van der Waals surface area contributed by atoms with Crippen molar-refractivity contribution >= 4 is 0 Å². The van der Waals surface area contributed by atoms with Gasteiger partial charge in [0.1, 0.15) is 0 Å². The Morgan fingerprint density at radius 3 is 2.30 bits per heavy atom. The Balaban J connectivity index is 2.55. The van der Waals surface area contributed by atoms with Crippen molar-refractivity contribution in [3.05, 3.63) is 12.3 Å². The van der Waals surface area contributed by atoms with Crippen LogP contribution in [0.15, 0.2) is 12.3 Å². The van der Waals surface area contributed by atoms with Gasteiger partial charge in [0.15, 0.2) is 0 Å². The van der Waals surface area contributed by atoms with E-state index in [1.165, 1.54) is 19.4 Å². The molecule has 0 spiro atoms. The number of hydrogen-bond donors (Lipinski definition) is 0. The summed E-state index contributed by atoms with van der Waals surface area (Å²) >= 11 is 0. The van der Waals surface area contributed by atoms with Crippen LogP contribution in [0.3, 0.4) is 0 Å². The van der Waals surface area contributed by atoms with Crippen LogP contribution < -0.4 is 0 Å². The minimum absolute atomic E-state index is 0.316. The van der Waals surface area contributed by atoms with Crippen molar-refractivity contribution in [2.24, 2.45) is 0 Å². The second kappa shape index (κ2) is 2.65. The van der Waals surface area contributed by atoms with E-state index in [0.717, 1.165) is 0 Å². The molecule has 0 N–H and O–H groups in total. The van der Waals surface area contributed by atoms with E-state index in [0.29, 0.717) is 5.54 Å². The normalized spacial score (nSPS) is 19.7. The summed E-state index contributed by atoms with van der Waals surface area (Å²) in [4.78, 5) is 2.40. The standard InChI is InChI=1S/C9H17N/c1-9(2,3)10-7-5-4-6-8-10/h5,7H,4,6,8H2,1-3H3. The summed E-state index contributed by atoms with van der Waals surface area (Å²) in [5.74, 6) is 0. The largest absolute Gasteiger partial charge is 0.373 e. The molecule has 1 nitrogen and oxygen atoms in total. The predicted molar refractivity (Wildman–Crippen MR) is 44.8 cm³/mol. The Bertz CT molecular complexity index is 130. The van der Waals surface area contributed by atoms with Crippen LogP contribution in [0.1, 0.15) is 33.6 Å². The zero-order valence-electron chi connectivity index (χ0n) is 7.22. The third-order valence-electron chi connectivity index (χ3n) is 1.92. The molecule has 0 saturated carbocycles. The van der Waals surface area contributed by atoms with Gasteiger partial charge in [-0.05, 0) is 39.8 Å². The maximum absolute atomic E-state index is 2.40. The van der Waals surface area contributed by atoms with Gasteiger partial charge in [-0.3, -0.25) is 0 Å². The van der Waals surface area contributed by atoms with Gasteiger partial charge < -0.3 is 4.90 Å². The molecule has 0 radical (unpaired) electrons. The summed E-state index contributed by atoms with van der Waals surface area (Å²) in [5.41, 5.74) is 0.316. The fraction of sp³-hybridized carbons (Fsp3) is 0.778. The Morgan fingerprint density at radius 2 is 2.00 bits per heavy atom. The number of hydrogen-bond acceptors (Lipinski definition) is 1. The highest BCUT2D eigenvalue weighted by molar-refractivity contribution is 4.93. The zero-order chi connectivity index (χ0) is 7.61. The summed E-state index contributed by atoms with van der Waals surface area (Å²) in [6.45, 7) is 7.98. The van der Waals surface area contributed by atoms with E-state index in [1.807, 2.05) is 0 Å². The van der Waals surface area contributed by atoms with Crippen LogP contribution >= 0.6 is 0 Å². The topological polar surface area (TPSA) is 3.24 Å². The lowest BCUT2D eigenvalue weighted by atomic mass is 10.0. The van der Waals surface area contributed by atoms with Gasteiger partial charge in [0.25, 0.3) is 0 Å². The molecule has 0 aromatic rings. The summed E-state index contributed by atoms with van der Waals surface area (Å²) in [7, 11) is 0. The molecule has 1 heterocycles. The molecule has 0 atom stereocenters. The van der Waals surface area contributed by atoms with Gasteiger partial charge in [-0.15, -0.1) is 0 Å². The van der Waals surface area contributed by atoms with Crippen LogP contribution in [0.4, 0.5) is 0 Å². The molecule has 0 aromatic carbocycles. The predicted octanol–water partition coefficient (Wildman–Crippen LogP) is 2.39. The molecular weight excluding hydrogens is 122 g/mol. The van der Waals surface area contributed by atoms with Gasteiger partial charge in [0.2, 0.25) is 0 Å². The third kappa shape index (κ3) is 1.76. The Kier molecular flexibility index (Phi) is 2.02. The zero-order valence-corrected chi connectivity index (χ0v) is 7.22. The average Bonchev–Trinajstić information content (AvgIpc) is 1.88. The first-order chi connectivity index (χ1) is 4.61. The second-order valence-electron chi connectivity index (χ2n) is 3.89. The highest BCUT2D eigenvalue weighted by Gasteiger charge is 2.18. The van der Waals surface area contributed by atoms with Crippen molar-refractivity contribution in [3.8, 4) is 0 Å². The molecule has 1 aliphatic heterocycles. The quantitative estimate of drug-likeness (QED) is 0.498. The van der Waals surface area contributed by atoms with Crippen LogP contribution in [0.2, 0.25) is 0 Å². The molecule has 0 bridgehead atoms.